The van der Waals surface area contributed by atoms with Gasteiger partial charge in [-0.05, 0) is 72.6 Å². The van der Waals surface area contributed by atoms with Gasteiger partial charge >= 0.3 is 0 Å². The van der Waals surface area contributed by atoms with Crippen molar-refractivity contribution in [3.05, 3.63) is 77.9 Å². The monoisotopic (exact) mass is 769 g/mol. The van der Waals surface area contributed by atoms with Crippen molar-refractivity contribution in [2.45, 2.75) is 81.6 Å². The number of amides is 5. The molecule has 0 spiro atoms. The van der Waals surface area contributed by atoms with Gasteiger partial charge < -0.3 is 54.2 Å². The van der Waals surface area contributed by atoms with Crippen LogP contribution in [0.25, 0.3) is 10.8 Å². The van der Waals surface area contributed by atoms with Crippen LogP contribution in [0, 0.1) is 0 Å². The summed E-state index contributed by atoms with van der Waals surface area (Å²) in [6.07, 6.45) is 1.73. The molecule has 5 amide bonds. The van der Waals surface area contributed by atoms with Crippen LogP contribution in [0.2, 0.25) is 0 Å². The van der Waals surface area contributed by atoms with Crippen molar-refractivity contribution in [1.82, 2.24) is 26.2 Å². The normalized spacial score (nSPS) is 22.1. The lowest BCUT2D eigenvalue weighted by Crippen LogP contribution is -2.58. The van der Waals surface area contributed by atoms with Crippen LogP contribution >= 0.6 is 0 Å². The summed E-state index contributed by atoms with van der Waals surface area (Å²) in [5, 5.41) is 23.1. The molecule has 17 heteroatoms. The molecule has 2 fully saturated rings. The predicted octanol–water partition coefficient (Wildman–Crippen LogP) is -0.618. The molecule has 56 heavy (non-hydrogen) atoms. The number of aromatic hydroxyl groups is 1. The zero-order valence-corrected chi connectivity index (χ0v) is 31.2. The van der Waals surface area contributed by atoms with Gasteiger partial charge in [-0.2, -0.15) is 0 Å². The minimum atomic E-state index is -1.17. The van der Waals surface area contributed by atoms with Crippen LogP contribution in [0.4, 0.5) is 0 Å². The van der Waals surface area contributed by atoms with E-state index in [1.807, 2.05) is 42.5 Å². The Morgan fingerprint density at radius 3 is 1.77 bits per heavy atom. The fraction of sp³-hybridized carbons (Fsp3) is 0.410. The maximum atomic E-state index is 14.5. The standard InChI is InChI=1S/C39H51N11O6/c40-38(41)44-17-3-8-28-33(52)46-29(9-4-18-45-39(42)43)34(53)49-31(22-24-11-14-25-6-1-2-7-26(25)20-24)37(56)50-19-5-10-32(50)36(55)48-30(35(54)47-28)21-23-12-15-27(51)16-13-23/h1-2,6-7,11-16,20,28-32,51H,3-5,8-10,17-19,21-22H2,(H,46,52)(H,47,54)(H,48,55)(H,49,53)(H4,40,41,44)(H4,42,43,45)/t28-,29-,30+,31+,32-/m0/s1. The summed E-state index contributed by atoms with van der Waals surface area (Å²) in [7, 11) is 0. The number of carbonyl (C=O) groups is 5. The predicted molar refractivity (Wildman–Crippen MR) is 212 cm³/mol. The number of phenolic OH excluding ortho intramolecular Hbond substituents is 1. The molecule has 2 aliphatic rings. The fourth-order valence-electron chi connectivity index (χ4n) is 7.01. The number of nitrogens with one attached hydrogen (secondary N) is 4. The van der Waals surface area contributed by atoms with Crippen LogP contribution < -0.4 is 44.2 Å². The highest BCUT2D eigenvalue weighted by atomic mass is 16.3. The fourth-order valence-corrected chi connectivity index (χ4v) is 7.01. The first kappa shape index (κ1) is 40.8. The van der Waals surface area contributed by atoms with Crippen LogP contribution in [0.1, 0.15) is 49.7 Å². The topological polar surface area (TPSA) is 286 Å². The van der Waals surface area contributed by atoms with Gasteiger partial charge in [0.2, 0.25) is 29.5 Å². The van der Waals surface area contributed by atoms with Crippen molar-refractivity contribution >= 4 is 52.2 Å². The maximum Gasteiger partial charge on any atom is 0.246 e. The second-order valence-corrected chi connectivity index (χ2v) is 14.1. The van der Waals surface area contributed by atoms with Crippen molar-refractivity contribution in [2.75, 3.05) is 19.6 Å². The van der Waals surface area contributed by atoms with Crippen LogP contribution in [-0.2, 0) is 36.8 Å². The molecule has 17 nitrogen and oxygen atoms in total. The molecule has 5 rings (SSSR count). The molecule has 3 aromatic carbocycles. The largest absolute Gasteiger partial charge is 0.508 e. The molecular weight excluding hydrogens is 718 g/mol. The molecule has 2 heterocycles. The molecule has 0 aliphatic carbocycles. The van der Waals surface area contributed by atoms with E-state index in [0.29, 0.717) is 24.8 Å². The van der Waals surface area contributed by atoms with Crippen LogP contribution in [0.15, 0.2) is 76.7 Å². The Balaban J connectivity index is 1.53. The first-order chi connectivity index (χ1) is 26.9. The van der Waals surface area contributed by atoms with E-state index in [1.54, 1.807) is 12.1 Å². The summed E-state index contributed by atoms with van der Waals surface area (Å²) < 4.78 is 0. The highest BCUT2D eigenvalue weighted by Crippen LogP contribution is 2.23. The highest BCUT2D eigenvalue weighted by molar-refractivity contribution is 5.98. The molecule has 3 aromatic rings. The smallest absolute Gasteiger partial charge is 0.246 e. The summed E-state index contributed by atoms with van der Waals surface area (Å²) in [4.78, 5) is 80.4. The van der Waals surface area contributed by atoms with Crippen LogP contribution in [0.3, 0.4) is 0 Å². The zero-order chi connectivity index (χ0) is 40.2. The first-order valence-corrected chi connectivity index (χ1v) is 18.8. The second kappa shape index (κ2) is 19.3. The number of phenols is 1. The molecule has 5 atom stereocenters. The summed E-state index contributed by atoms with van der Waals surface area (Å²) in [6.45, 7) is 0.586. The number of carbonyl (C=O) groups excluding carboxylic acids is 5. The van der Waals surface area contributed by atoms with Gasteiger partial charge in [-0.3, -0.25) is 34.0 Å². The molecular formula is C39H51N11O6. The van der Waals surface area contributed by atoms with E-state index < -0.39 is 59.7 Å². The van der Waals surface area contributed by atoms with Crippen LogP contribution in [0.5, 0.6) is 5.75 Å². The van der Waals surface area contributed by atoms with Gasteiger partial charge in [0.1, 0.15) is 36.0 Å². The van der Waals surface area contributed by atoms with Crippen molar-refractivity contribution < 1.29 is 29.1 Å². The Labute approximate surface area is 324 Å². The SMILES string of the molecule is NC(N)=NCCC[C@@H]1NC(=O)[C@H](CCCN=C(N)N)NC(=O)[C@@H](Cc2ccc(O)cc2)NC(=O)[C@@H]2CCCN2C(=O)[C@@H](Cc2ccc3ccccc3c2)NC1=O. The number of aliphatic imine (C=N–C) groups is 2. The molecule has 298 valence electrons. The van der Waals surface area contributed by atoms with Gasteiger partial charge in [-0.15, -0.1) is 0 Å². The average molecular weight is 770 g/mol. The minimum Gasteiger partial charge on any atom is -0.508 e. The molecule has 13 N–H and O–H groups in total. The maximum absolute atomic E-state index is 14.5. The zero-order valence-electron chi connectivity index (χ0n) is 31.2. The molecule has 0 aromatic heterocycles. The number of hydrogen-bond acceptors (Lipinski definition) is 8. The third-order valence-corrected chi connectivity index (χ3v) is 9.87. The van der Waals surface area contributed by atoms with E-state index in [4.69, 9.17) is 22.9 Å². The number of hydrogen-bond donors (Lipinski definition) is 9. The molecule has 0 bridgehead atoms. The lowest BCUT2D eigenvalue weighted by atomic mass is 9.99. The Hall–Kier alpha value is -6.39. The Kier molecular flexibility index (Phi) is 14.0. The van der Waals surface area contributed by atoms with Crippen molar-refractivity contribution in [3.8, 4) is 5.75 Å². The van der Waals surface area contributed by atoms with Gasteiger partial charge in [0.05, 0.1) is 0 Å². The number of guanidine groups is 2. The van der Waals surface area contributed by atoms with E-state index >= 15 is 0 Å². The second-order valence-electron chi connectivity index (χ2n) is 14.1. The van der Waals surface area contributed by atoms with Crippen molar-refractivity contribution in [1.29, 1.82) is 0 Å². The van der Waals surface area contributed by atoms with Crippen molar-refractivity contribution in [3.63, 3.8) is 0 Å². The van der Waals surface area contributed by atoms with E-state index in [-0.39, 0.29) is 69.4 Å². The Morgan fingerprint density at radius 2 is 1.16 bits per heavy atom. The van der Waals surface area contributed by atoms with E-state index in [2.05, 4.69) is 31.3 Å². The third-order valence-electron chi connectivity index (χ3n) is 9.87. The number of nitrogens with two attached hydrogens (primary N) is 4. The summed E-state index contributed by atoms with van der Waals surface area (Å²) in [5.74, 6) is -3.23. The number of fused-ring (bicyclic) bond motifs is 2. The van der Waals surface area contributed by atoms with Gasteiger partial charge in [-0.1, -0.05) is 54.6 Å². The van der Waals surface area contributed by atoms with Gasteiger partial charge in [0.15, 0.2) is 11.9 Å². The van der Waals surface area contributed by atoms with Gasteiger partial charge in [0, 0.05) is 32.5 Å². The highest BCUT2D eigenvalue weighted by Gasteiger charge is 2.40. The summed E-state index contributed by atoms with van der Waals surface area (Å²) in [6, 6.07) is 14.2. The number of benzene rings is 3. The molecule has 0 radical (unpaired) electrons. The summed E-state index contributed by atoms with van der Waals surface area (Å²) >= 11 is 0. The van der Waals surface area contributed by atoms with Gasteiger partial charge in [0.25, 0.3) is 0 Å². The molecule has 0 unspecified atom stereocenters. The first-order valence-electron chi connectivity index (χ1n) is 18.8. The van der Waals surface area contributed by atoms with E-state index in [9.17, 15) is 29.1 Å². The summed E-state index contributed by atoms with van der Waals surface area (Å²) in [5.41, 5.74) is 23.4. The molecule has 2 aliphatic heterocycles. The third kappa shape index (κ3) is 11.3. The molecule has 0 saturated carbocycles. The molecule has 2 saturated heterocycles. The lowest BCUT2D eigenvalue weighted by molar-refractivity contribution is -0.142. The van der Waals surface area contributed by atoms with Crippen LogP contribution in [-0.4, -0.2) is 101 Å². The van der Waals surface area contributed by atoms with E-state index in [1.165, 1.54) is 17.0 Å². The van der Waals surface area contributed by atoms with Gasteiger partial charge in [-0.25, -0.2) is 0 Å². The Morgan fingerprint density at radius 1 is 0.643 bits per heavy atom. The van der Waals surface area contributed by atoms with E-state index in [0.717, 1.165) is 16.3 Å². The number of rotatable bonds is 12. The number of nitrogens with zero attached hydrogens (tertiary/aromatic N) is 3. The quantitative estimate of drug-likeness (QED) is 0.0640. The average Bonchev–Trinajstić information content (AvgIpc) is 3.67. The minimum absolute atomic E-state index is 0.0128. The Bertz CT molecular complexity index is 1940. The van der Waals surface area contributed by atoms with Crippen molar-refractivity contribution in [2.24, 2.45) is 32.9 Å². The lowest BCUT2D eigenvalue weighted by Gasteiger charge is -2.30.